The number of carbonyl (C=O) groups excluding carboxylic acids is 1. The zero-order valence-corrected chi connectivity index (χ0v) is 20.2. The van der Waals surface area contributed by atoms with Crippen molar-refractivity contribution in [3.8, 4) is 11.5 Å². The van der Waals surface area contributed by atoms with E-state index >= 15 is 0 Å². The molecule has 3 aromatic rings. The normalized spacial score (nSPS) is 17.0. The number of nitrogens with one attached hydrogen (secondary N) is 1. The fourth-order valence-corrected chi connectivity index (χ4v) is 4.58. The minimum absolute atomic E-state index is 0.0264. The first-order valence-electron chi connectivity index (χ1n) is 11.7. The van der Waals surface area contributed by atoms with Gasteiger partial charge in [-0.05, 0) is 62.6 Å². The van der Waals surface area contributed by atoms with Gasteiger partial charge in [0.15, 0.2) is 11.5 Å². The highest BCUT2D eigenvalue weighted by atomic mass is 16.7. The Labute approximate surface area is 208 Å². The largest absolute Gasteiger partial charge is 0.454 e. The number of fused-ring (bicyclic) bond motifs is 2. The van der Waals surface area contributed by atoms with E-state index in [1.54, 1.807) is 19.1 Å². The molecule has 0 fully saturated rings. The van der Waals surface area contributed by atoms with Crippen LogP contribution in [-0.4, -0.2) is 34.5 Å². The summed E-state index contributed by atoms with van der Waals surface area (Å²) in [5.74, 6) is 1.25. The molecule has 2 atom stereocenters. The number of hydrogen-bond acceptors (Lipinski definition) is 6. The first-order chi connectivity index (χ1) is 17.3. The van der Waals surface area contributed by atoms with E-state index in [1.165, 1.54) is 11.1 Å². The predicted octanol–water partition coefficient (Wildman–Crippen LogP) is 5.10. The molecule has 2 amide bonds. The van der Waals surface area contributed by atoms with Crippen molar-refractivity contribution in [2.24, 2.45) is 5.10 Å². The third-order valence-corrected chi connectivity index (χ3v) is 6.51. The highest BCUT2D eigenvalue weighted by molar-refractivity contribution is 6.14. The molecule has 2 unspecified atom stereocenters. The van der Waals surface area contributed by atoms with Crippen molar-refractivity contribution in [3.05, 3.63) is 98.6 Å². The molecule has 9 heteroatoms. The summed E-state index contributed by atoms with van der Waals surface area (Å²) in [6, 6.07) is 17.6. The fourth-order valence-electron chi connectivity index (χ4n) is 4.58. The molecule has 9 nitrogen and oxygen atoms in total. The zero-order chi connectivity index (χ0) is 25.4. The number of nitro groups is 1. The lowest BCUT2D eigenvalue weighted by Gasteiger charge is -2.26. The molecule has 1 N–H and O–H groups in total. The van der Waals surface area contributed by atoms with Crippen LogP contribution in [0.4, 0.5) is 10.5 Å². The molecule has 0 aliphatic carbocycles. The molecule has 184 valence electrons. The van der Waals surface area contributed by atoms with Gasteiger partial charge >= 0.3 is 6.03 Å². The number of hydrazone groups is 1. The minimum Gasteiger partial charge on any atom is -0.454 e. The van der Waals surface area contributed by atoms with E-state index in [1.807, 2.05) is 56.3 Å². The Morgan fingerprint density at radius 2 is 1.86 bits per heavy atom. The average Bonchev–Trinajstić information content (AvgIpc) is 3.26. The predicted molar refractivity (Wildman–Crippen MR) is 134 cm³/mol. The number of aryl methyl sites for hydroxylation is 1. The quantitative estimate of drug-likeness (QED) is 0.408. The summed E-state index contributed by atoms with van der Waals surface area (Å²) < 4.78 is 11.2. The lowest BCUT2D eigenvalue weighted by molar-refractivity contribution is -0.385. The van der Waals surface area contributed by atoms with Crippen LogP contribution in [0.15, 0.2) is 65.8 Å². The lowest BCUT2D eigenvalue weighted by Crippen LogP contribution is -2.43. The number of urea groups is 1. The van der Waals surface area contributed by atoms with E-state index in [9.17, 15) is 14.9 Å². The topological polar surface area (TPSA) is 106 Å². The van der Waals surface area contributed by atoms with Crippen molar-refractivity contribution in [2.75, 3.05) is 6.79 Å². The summed E-state index contributed by atoms with van der Waals surface area (Å²) in [6.07, 6.45) is 0.540. The molecule has 0 radical (unpaired) electrons. The first-order valence-corrected chi connectivity index (χ1v) is 11.7. The molecule has 0 saturated carbocycles. The SMILES string of the molecule is Cc1cc(C2=NN(C(=O)NC(C)c3ccccc3)C(C)Cc3cc4c(cc32)OCO4)ccc1[N+](=O)[O-]. The van der Waals surface area contributed by atoms with Gasteiger partial charge in [-0.1, -0.05) is 30.3 Å². The maximum atomic E-state index is 13.5. The maximum absolute atomic E-state index is 13.5. The molecule has 2 heterocycles. The summed E-state index contributed by atoms with van der Waals surface area (Å²) in [5, 5.41) is 20.7. The van der Waals surface area contributed by atoms with Crippen LogP contribution >= 0.6 is 0 Å². The number of ether oxygens (including phenoxy) is 2. The van der Waals surface area contributed by atoms with Gasteiger partial charge in [0.1, 0.15) is 0 Å². The van der Waals surface area contributed by atoms with Crippen molar-refractivity contribution >= 4 is 17.4 Å². The number of nitrogens with zero attached hydrogens (tertiary/aromatic N) is 3. The van der Waals surface area contributed by atoms with Crippen LogP contribution in [0.25, 0.3) is 0 Å². The molecule has 0 bridgehead atoms. The number of rotatable bonds is 4. The summed E-state index contributed by atoms with van der Waals surface area (Å²) in [7, 11) is 0. The Balaban J connectivity index is 1.57. The van der Waals surface area contributed by atoms with Crippen LogP contribution in [0.2, 0.25) is 0 Å². The Kier molecular flexibility index (Phi) is 6.05. The van der Waals surface area contributed by atoms with Crippen molar-refractivity contribution in [3.63, 3.8) is 0 Å². The Morgan fingerprint density at radius 1 is 1.14 bits per heavy atom. The smallest absolute Gasteiger partial charge is 0.338 e. The second-order valence-corrected chi connectivity index (χ2v) is 9.05. The van der Waals surface area contributed by atoms with Crippen molar-refractivity contribution in [2.45, 2.75) is 39.3 Å². The minimum atomic E-state index is -0.410. The summed E-state index contributed by atoms with van der Waals surface area (Å²) in [4.78, 5) is 24.4. The summed E-state index contributed by atoms with van der Waals surface area (Å²) in [5.41, 5.74) is 4.47. The molecule has 36 heavy (non-hydrogen) atoms. The van der Waals surface area contributed by atoms with Crippen LogP contribution in [-0.2, 0) is 6.42 Å². The molecular weight excluding hydrogens is 460 g/mol. The lowest BCUT2D eigenvalue weighted by atomic mass is 9.93. The standard InChI is InChI=1S/C27H26N4O5/c1-16-11-20(9-10-23(16)31(33)34)26-22-14-25-24(35-15-36-25)13-21(22)12-17(2)30(29-26)27(32)28-18(3)19-7-5-4-6-8-19/h4-11,13-14,17-18H,12,15H2,1-3H3,(H,28,32). The number of hydrogen-bond donors (Lipinski definition) is 1. The van der Waals surface area contributed by atoms with Crippen LogP contribution in [0, 0.1) is 17.0 Å². The monoisotopic (exact) mass is 486 g/mol. The average molecular weight is 487 g/mol. The van der Waals surface area contributed by atoms with Gasteiger partial charge in [0.2, 0.25) is 6.79 Å². The van der Waals surface area contributed by atoms with Crippen LogP contribution in [0.5, 0.6) is 11.5 Å². The van der Waals surface area contributed by atoms with Crippen LogP contribution in [0.1, 0.15) is 47.7 Å². The number of amides is 2. The Morgan fingerprint density at radius 3 is 2.56 bits per heavy atom. The summed E-state index contributed by atoms with van der Waals surface area (Å²) in [6.45, 7) is 5.69. The van der Waals surface area contributed by atoms with Gasteiger partial charge in [-0.25, -0.2) is 9.80 Å². The van der Waals surface area contributed by atoms with Gasteiger partial charge in [0, 0.05) is 22.8 Å². The van der Waals surface area contributed by atoms with E-state index in [2.05, 4.69) is 5.32 Å². The molecule has 3 aromatic carbocycles. The van der Waals surface area contributed by atoms with Crippen LogP contribution < -0.4 is 14.8 Å². The van der Waals surface area contributed by atoms with Crippen molar-refractivity contribution in [1.82, 2.24) is 10.3 Å². The highest BCUT2D eigenvalue weighted by Crippen LogP contribution is 2.38. The number of carbonyl (C=O) groups is 1. The van der Waals surface area contributed by atoms with Crippen LogP contribution in [0.3, 0.4) is 0 Å². The van der Waals surface area contributed by atoms with Crippen molar-refractivity contribution < 1.29 is 19.2 Å². The van der Waals surface area contributed by atoms with E-state index in [-0.39, 0.29) is 30.6 Å². The summed E-state index contributed by atoms with van der Waals surface area (Å²) >= 11 is 0. The molecule has 0 saturated heterocycles. The molecular formula is C27H26N4O5. The molecule has 5 rings (SSSR count). The molecule has 0 spiro atoms. The van der Waals surface area contributed by atoms with E-state index in [0.717, 1.165) is 16.7 Å². The fraction of sp³-hybridized carbons (Fsp3) is 0.259. The first kappa shape index (κ1) is 23.3. The van der Waals surface area contributed by atoms with Gasteiger partial charge in [-0.2, -0.15) is 5.10 Å². The van der Waals surface area contributed by atoms with Gasteiger partial charge in [0.25, 0.3) is 5.69 Å². The number of benzene rings is 3. The van der Waals surface area contributed by atoms with Gasteiger partial charge in [-0.15, -0.1) is 0 Å². The zero-order valence-electron chi connectivity index (χ0n) is 20.2. The van der Waals surface area contributed by atoms with E-state index < -0.39 is 4.92 Å². The van der Waals surface area contributed by atoms with Gasteiger partial charge in [0.05, 0.1) is 22.7 Å². The molecule has 2 aliphatic rings. The maximum Gasteiger partial charge on any atom is 0.338 e. The van der Waals surface area contributed by atoms with E-state index in [4.69, 9.17) is 14.6 Å². The molecule has 2 aliphatic heterocycles. The van der Waals surface area contributed by atoms with E-state index in [0.29, 0.717) is 34.8 Å². The second-order valence-electron chi connectivity index (χ2n) is 9.05. The van der Waals surface area contributed by atoms with Gasteiger partial charge < -0.3 is 14.8 Å². The van der Waals surface area contributed by atoms with Crippen molar-refractivity contribution in [1.29, 1.82) is 0 Å². The Bertz CT molecular complexity index is 1370. The number of nitro benzene ring substituents is 1. The third kappa shape index (κ3) is 4.35. The highest BCUT2D eigenvalue weighted by Gasteiger charge is 2.31. The van der Waals surface area contributed by atoms with Gasteiger partial charge in [-0.3, -0.25) is 10.1 Å². The third-order valence-electron chi connectivity index (χ3n) is 6.51. The second kappa shape index (κ2) is 9.33. The Hall–Kier alpha value is -4.40. The molecule has 0 aromatic heterocycles.